The van der Waals surface area contributed by atoms with Gasteiger partial charge in [0.05, 0.1) is 29.2 Å². The highest BCUT2D eigenvalue weighted by Crippen LogP contribution is 2.44. The van der Waals surface area contributed by atoms with Gasteiger partial charge >= 0.3 is 5.97 Å². The van der Waals surface area contributed by atoms with Crippen LogP contribution in [0.5, 0.6) is 0 Å². The Kier molecular flexibility index (Phi) is 5.69. The minimum absolute atomic E-state index is 0.0859. The number of thioether (sulfide) groups is 1. The van der Waals surface area contributed by atoms with Crippen LogP contribution in [0.15, 0.2) is 40.5 Å². The number of carbonyl (C=O) groups is 2. The number of esters is 1. The number of benzene rings is 1. The molecule has 2 aliphatic rings. The highest BCUT2D eigenvalue weighted by atomic mass is 32.2. The van der Waals surface area contributed by atoms with Crippen LogP contribution in [0, 0.1) is 11.7 Å². The van der Waals surface area contributed by atoms with Gasteiger partial charge in [-0.25, -0.2) is 14.2 Å². The van der Waals surface area contributed by atoms with Crippen LogP contribution >= 0.6 is 11.8 Å². The number of allylic oxidation sites excluding steroid dienone is 1. The van der Waals surface area contributed by atoms with Gasteiger partial charge in [0, 0.05) is 0 Å². The number of nitrogens with zero attached hydrogens (tertiary/aromatic N) is 2. The van der Waals surface area contributed by atoms with Crippen molar-refractivity contribution in [2.45, 2.75) is 45.4 Å². The van der Waals surface area contributed by atoms with Crippen LogP contribution in [0.1, 0.15) is 45.7 Å². The summed E-state index contributed by atoms with van der Waals surface area (Å²) in [5.41, 5.74) is 1.52. The molecule has 2 unspecified atom stereocenters. The Morgan fingerprint density at radius 2 is 2.00 bits per heavy atom. The minimum Gasteiger partial charge on any atom is -0.462 e. The molecule has 2 heterocycles. The highest BCUT2D eigenvalue weighted by molar-refractivity contribution is 8.15. The van der Waals surface area contributed by atoms with Crippen molar-refractivity contribution in [2.24, 2.45) is 10.9 Å². The second-order valence-electron chi connectivity index (χ2n) is 7.06. The molecule has 0 saturated carbocycles. The fourth-order valence-electron chi connectivity index (χ4n) is 3.13. The number of hydrogen-bond acceptors (Lipinski definition) is 5. The molecule has 1 amide bonds. The normalized spacial score (nSPS) is 22.2. The zero-order chi connectivity index (χ0) is 19.7. The second kappa shape index (κ2) is 7.84. The average molecular weight is 390 g/mol. The minimum atomic E-state index is -0.658. The fraction of sp³-hybridized carbons (Fsp3) is 0.450. The second-order valence-corrected chi connectivity index (χ2v) is 8.23. The highest BCUT2D eigenvalue weighted by Gasteiger charge is 2.47. The summed E-state index contributed by atoms with van der Waals surface area (Å²) in [6, 6.07) is 5.21. The van der Waals surface area contributed by atoms with Crippen LogP contribution in [0.3, 0.4) is 0 Å². The topological polar surface area (TPSA) is 59.0 Å². The molecule has 1 aromatic carbocycles. The predicted octanol–water partition coefficient (Wildman–Crippen LogP) is 4.06. The Balaban J connectivity index is 2.06. The molecule has 2 atom stereocenters. The van der Waals surface area contributed by atoms with Crippen molar-refractivity contribution in [1.82, 2.24) is 4.90 Å². The summed E-state index contributed by atoms with van der Waals surface area (Å²) < 4.78 is 18.9. The quantitative estimate of drug-likeness (QED) is 0.712. The molecular weight excluding hydrogens is 367 g/mol. The maximum absolute atomic E-state index is 13.4. The Labute approximate surface area is 162 Å². The van der Waals surface area contributed by atoms with Gasteiger partial charge in [-0.15, -0.1) is 0 Å². The maximum atomic E-state index is 13.4. The van der Waals surface area contributed by atoms with E-state index in [2.05, 4.69) is 4.99 Å². The van der Waals surface area contributed by atoms with Gasteiger partial charge in [-0.1, -0.05) is 44.7 Å². The first-order chi connectivity index (χ1) is 12.8. The van der Waals surface area contributed by atoms with E-state index in [1.165, 1.54) is 23.9 Å². The standard InChI is InChI=1S/C20H23FN2O3S/c1-5-15-18(24)23-17(13-6-8-14(21)9-7-13)16(12(4)22-20(23)27-15)19(25)26-10-11(2)3/h6-9,11,15,17H,5,10H2,1-4H3. The summed E-state index contributed by atoms with van der Waals surface area (Å²) in [4.78, 5) is 31.8. The Morgan fingerprint density at radius 3 is 2.59 bits per heavy atom. The number of carbonyl (C=O) groups excluding carboxylic acids is 2. The number of amidine groups is 1. The number of aliphatic imine (C=N–C) groups is 1. The van der Waals surface area contributed by atoms with Gasteiger partial charge in [0.1, 0.15) is 5.82 Å². The zero-order valence-corrected chi connectivity index (χ0v) is 16.7. The first-order valence-corrected chi connectivity index (χ1v) is 9.93. The van der Waals surface area contributed by atoms with Crippen LogP contribution in [0.2, 0.25) is 0 Å². The summed E-state index contributed by atoms with van der Waals surface area (Å²) >= 11 is 1.41. The number of halogens is 1. The molecule has 5 nitrogen and oxygen atoms in total. The van der Waals surface area contributed by atoms with Crippen LogP contribution in [-0.4, -0.2) is 33.8 Å². The van der Waals surface area contributed by atoms with Crippen molar-refractivity contribution in [3.05, 3.63) is 46.9 Å². The molecule has 0 aliphatic carbocycles. The molecule has 1 saturated heterocycles. The number of hydrogen-bond donors (Lipinski definition) is 0. The van der Waals surface area contributed by atoms with E-state index in [9.17, 15) is 14.0 Å². The predicted molar refractivity (Wildman–Crippen MR) is 104 cm³/mol. The van der Waals surface area contributed by atoms with Crippen LogP contribution in [-0.2, 0) is 14.3 Å². The van der Waals surface area contributed by atoms with Gasteiger partial charge in [0.15, 0.2) is 5.17 Å². The Morgan fingerprint density at radius 1 is 1.33 bits per heavy atom. The van der Waals surface area contributed by atoms with Crippen molar-refractivity contribution >= 4 is 28.8 Å². The lowest BCUT2D eigenvalue weighted by Crippen LogP contribution is -2.41. The Hall–Kier alpha value is -2.15. The molecule has 7 heteroatoms. The molecule has 144 valence electrons. The molecule has 0 aromatic heterocycles. The molecule has 1 fully saturated rings. The third-order valence-electron chi connectivity index (χ3n) is 4.48. The molecular formula is C20H23FN2O3S. The van der Waals surface area contributed by atoms with E-state index in [-0.39, 0.29) is 29.5 Å². The molecule has 0 radical (unpaired) electrons. The summed E-state index contributed by atoms with van der Waals surface area (Å²) in [6.07, 6.45) is 0.668. The van der Waals surface area contributed by atoms with E-state index in [0.29, 0.717) is 28.4 Å². The summed E-state index contributed by atoms with van der Waals surface area (Å²) in [5, 5.41) is 0.351. The maximum Gasteiger partial charge on any atom is 0.338 e. The lowest BCUT2D eigenvalue weighted by Gasteiger charge is -2.33. The average Bonchev–Trinajstić information content (AvgIpc) is 2.94. The summed E-state index contributed by atoms with van der Waals surface area (Å²) in [6.45, 7) is 7.88. The molecule has 3 rings (SSSR count). The number of ether oxygens (including phenoxy) is 1. The van der Waals surface area contributed by atoms with Crippen molar-refractivity contribution in [3.8, 4) is 0 Å². The molecule has 0 N–H and O–H groups in total. The first kappa shape index (κ1) is 19.6. The van der Waals surface area contributed by atoms with Gasteiger partial charge < -0.3 is 4.74 Å². The molecule has 0 bridgehead atoms. The van der Waals surface area contributed by atoms with E-state index in [1.807, 2.05) is 20.8 Å². The monoisotopic (exact) mass is 390 g/mol. The summed E-state index contributed by atoms with van der Waals surface area (Å²) in [7, 11) is 0. The number of fused-ring (bicyclic) bond motifs is 1. The van der Waals surface area contributed by atoms with Gasteiger partial charge in [0.2, 0.25) is 5.91 Å². The van der Waals surface area contributed by atoms with Gasteiger partial charge in [-0.3, -0.25) is 9.69 Å². The number of amides is 1. The van der Waals surface area contributed by atoms with Crippen molar-refractivity contribution in [3.63, 3.8) is 0 Å². The van der Waals surface area contributed by atoms with Crippen LogP contribution in [0.25, 0.3) is 0 Å². The van der Waals surface area contributed by atoms with E-state index in [1.54, 1.807) is 24.0 Å². The SMILES string of the molecule is CCC1SC2=NC(C)=C(C(=O)OCC(C)C)C(c3ccc(F)cc3)N2C1=O. The van der Waals surface area contributed by atoms with Gasteiger partial charge in [0.25, 0.3) is 0 Å². The van der Waals surface area contributed by atoms with E-state index in [0.717, 1.165) is 0 Å². The van der Waals surface area contributed by atoms with Crippen molar-refractivity contribution in [2.75, 3.05) is 6.61 Å². The van der Waals surface area contributed by atoms with E-state index < -0.39 is 12.0 Å². The van der Waals surface area contributed by atoms with E-state index >= 15 is 0 Å². The smallest absolute Gasteiger partial charge is 0.338 e. The van der Waals surface area contributed by atoms with Crippen molar-refractivity contribution < 1.29 is 18.7 Å². The van der Waals surface area contributed by atoms with Crippen LogP contribution < -0.4 is 0 Å². The molecule has 27 heavy (non-hydrogen) atoms. The third kappa shape index (κ3) is 3.78. The van der Waals surface area contributed by atoms with Gasteiger partial charge in [-0.2, -0.15) is 0 Å². The van der Waals surface area contributed by atoms with E-state index in [4.69, 9.17) is 4.74 Å². The lowest BCUT2D eigenvalue weighted by atomic mass is 9.94. The molecule has 2 aliphatic heterocycles. The summed E-state index contributed by atoms with van der Waals surface area (Å²) in [5.74, 6) is -0.759. The largest absolute Gasteiger partial charge is 0.462 e. The third-order valence-corrected chi connectivity index (χ3v) is 5.79. The zero-order valence-electron chi connectivity index (χ0n) is 15.9. The first-order valence-electron chi connectivity index (χ1n) is 9.05. The van der Waals surface area contributed by atoms with Gasteiger partial charge in [-0.05, 0) is 37.0 Å². The Bertz CT molecular complexity index is 817. The lowest BCUT2D eigenvalue weighted by molar-refractivity contribution is -0.141. The fourth-order valence-corrected chi connectivity index (χ4v) is 4.26. The molecule has 1 aromatic rings. The number of rotatable bonds is 5. The molecule has 0 spiro atoms. The van der Waals surface area contributed by atoms with Crippen LogP contribution in [0.4, 0.5) is 4.39 Å². The van der Waals surface area contributed by atoms with Crippen molar-refractivity contribution in [1.29, 1.82) is 0 Å².